The molecule has 5 nitrogen and oxygen atoms in total. The number of piperidine rings is 1. The number of hydrogen-bond donors (Lipinski definition) is 1. The van der Waals surface area contributed by atoms with Crippen molar-refractivity contribution in [2.75, 3.05) is 13.1 Å². The molecule has 5 heteroatoms. The number of benzene rings is 1. The van der Waals surface area contributed by atoms with Crippen LogP contribution in [0.4, 0.5) is 0 Å². The van der Waals surface area contributed by atoms with Gasteiger partial charge in [-0.2, -0.15) is 0 Å². The number of carbonyl (C=O) groups excluding carboxylic acids is 1. The first-order chi connectivity index (χ1) is 12.1. The lowest BCUT2D eigenvalue weighted by Crippen LogP contribution is -2.47. The summed E-state index contributed by atoms with van der Waals surface area (Å²) < 4.78 is 5.63. The fourth-order valence-corrected chi connectivity index (χ4v) is 4.41. The molecule has 1 N–H and O–H groups in total. The molecule has 0 saturated carbocycles. The highest BCUT2D eigenvalue weighted by Crippen LogP contribution is 2.40. The Morgan fingerprint density at radius 3 is 2.32 bits per heavy atom. The van der Waals surface area contributed by atoms with Crippen LogP contribution >= 0.6 is 0 Å². The summed E-state index contributed by atoms with van der Waals surface area (Å²) in [6.45, 7) is 1.42. The Kier molecular flexibility index (Phi) is 4.34. The van der Waals surface area contributed by atoms with Crippen LogP contribution in [-0.2, 0) is 20.7 Å². The standard InChI is InChI=1S/C20H23NO4/c22-19(17-15-6-7-16(25-15)18(17)20(23)24)21-10-8-14(9-11-21)12-13-4-2-1-3-5-13/h1-7,14-18H,8-12H2,(H,23,24)/t15-,16+,17-,18+/m1/s1. The minimum Gasteiger partial charge on any atom is -0.481 e. The molecular weight excluding hydrogens is 318 g/mol. The summed E-state index contributed by atoms with van der Waals surface area (Å²) >= 11 is 0. The number of fused-ring (bicyclic) bond motifs is 2. The molecule has 0 aliphatic carbocycles. The molecule has 2 bridgehead atoms. The normalized spacial score (nSPS) is 31.4. The Balaban J connectivity index is 1.37. The fourth-order valence-electron chi connectivity index (χ4n) is 4.41. The molecule has 132 valence electrons. The van der Waals surface area contributed by atoms with E-state index in [1.54, 1.807) is 6.08 Å². The molecule has 4 atom stereocenters. The number of carboxylic acid groups (broad SMARTS) is 1. The van der Waals surface area contributed by atoms with Crippen LogP contribution in [-0.4, -0.2) is 47.2 Å². The molecule has 0 spiro atoms. The van der Waals surface area contributed by atoms with Gasteiger partial charge in [-0.25, -0.2) is 0 Å². The number of carbonyl (C=O) groups is 2. The summed E-state index contributed by atoms with van der Waals surface area (Å²) in [6, 6.07) is 10.4. The van der Waals surface area contributed by atoms with Gasteiger partial charge in [0, 0.05) is 13.1 Å². The van der Waals surface area contributed by atoms with Gasteiger partial charge >= 0.3 is 5.97 Å². The third kappa shape index (κ3) is 3.09. The Morgan fingerprint density at radius 2 is 1.68 bits per heavy atom. The molecular formula is C20H23NO4. The molecule has 0 radical (unpaired) electrons. The Bertz CT molecular complexity index is 678. The highest BCUT2D eigenvalue weighted by atomic mass is 16.5. The summed E-state index contributed by atoms with van der Waals surface area (Å²) in [5.74, 6) is -1.72. The molecule has 4 rings (SSSR count). The summed E-state index contributed by atoms with van der Waals surface area (Å²) in [4.78, 5) is 26.3. The van der Waals surface area contributed by atoms with Crippen LogP contribution in [0.15, 0.2) is 42.5 Å². The number of aliphatic carboxylic acids is 1. The van der Waals surface area contributed by atoms with E-state index in [0.29, 0.717) is 19.0 Å². The maximum atomic E-state index is 12.9. The second-order valence-electron chi connectivity index (χ2n) is 7.30. The van der Waals surface area contributed by atoms with Gasteiger partial charge in [0.15, 0.2) is 0 Å². The predicted molar refractivity (Wildman–Crippen MR) is 91.9 cm³/mol. The average molecular weight is 341 g/mol. The van der Waals surface area contributed by atoms with E-state index in [1.165, 1.54) is 5.56 Å². The highest BCUT2D eigenvalue weighted by Gasteiger charge is 2.54. The van der Waals surface area contributed by atoms with E-state index < -0.39 is 23.9 Å². The highest BCUT2D eigenvalue weighted by molar-refractivity contribution is 5.87. The average Bonchev–Trinajstić information content (AvgIpc) is 3.24. The number of likely N-dealkylation sites (tertiary alicyclic amines) is 1. The zero-order valence-electron chi connectivity index (χ0n) is 14.1. The van der Waals surface area contributed by atoms with E-state index in [-0.39, 0.29) is 12.0 Å². The van der Waals surface area contributed by atoms with Crippen LogP contribution in [0.3, 0.4) is 0 Å². The van der Waals surface area contributed by atoms with Crippen molar-refractivity contribution in [2.24, 2.45) is 17.8 Å². The van der Waals surface area contributed by atoms with Crippen molar-refractivity contribution in [3.63, 3.8) is 0 Å². The first-order valence-corrected chi connectivity index (χ1v) is 9.03. The number of carboxylic acids is 1. The molecule has 3 heterocycles. The van der Waals surface area contributed by atoms with E-state index in [4.69, 9.17) is 4.74 Å². The van der Waals surface area contributed by atoms with Crippen LogP contribution in [0.5, 0.6) is 0 Å². The summed E-state index contributed by atoms with van der Waals surface area (Å²) in [5.41, 5.74) is 1.34. The van der Waals surface area contributed by atoms with E-state index in [9.17, 15) is 14.7 Å². The van der Waals surface area contributed by atoms with Gasteiger partial charge in [-0.15, -0.1) is 0 Å². The molecule has 2 saturated heterocycles. The van der Waals surface area contributed by atoms with E-state index >= 15 is 0 Å². The van der Waals surface area contributed by atoms with Crippen molar-refractivity contribution < 1.29 is 19.4 Å². The summed E-state index contributed by atoms with van der Waals surface area (Å²) in [7, 11) is 0. The largest absolute Gasteiger partial charge is 0.481 e. The Labute approximate surface area is 147 Å². The molecule has 0 unspecified atom stereocenters. The van der Waals surface area contributed by atoms with Gasteiger partial charge in [-0.3, -0.25) is 9.59 Å². The van der Waals surface area contributed by atoms with Gasteiger partial charge in [-0.1, -0.05) is 42.5 Å². The maximum absolute atomic E-state index is 12.9. The second kappa shape index (κ2) is 6.64. The van der Waals surface area contributed by atoms with Crippen LogP contribution in [0.1, 0.15) is 18.4 Å². The zero-order chi connectivity index (χ0) is 17.4. The first kappa shape index (κ1) is 16.3. The molecule has 0 aromatic heterocycles. The first-order valence-electron chi connectivity index (χ1n) is 9.03. The molecule has 2 fully saturated rings. The van der Waals surface area contributed by atoms with E-state index in [2.05, 4.69) is 24.3 Å². The van der Waals surface area contributed by atoms with Crippen molar-refractivity contribution in [3.05, 3.63) is 48.0 Å². The van der Waals surface area contributed by atoms with Gasteiger partial charge in [0.05, 0.1) is 18.1 Å². The van der Waals surface area contributed by atoms with Crippen LogP contribution in [0, 0.1) is 17.8 Å². The molecule has 1 aromatic rings. The van der Waals surface area contributed by atoms with Crippen molar-refractivity contribution in [2.45, 2.75) is 31.5 Å². The number of rotatable bonds is 4. The molecule has 3 aliphatic heterocycles. The Hall–Kier alpha value is -2.14. The lowest BCUT2D eigenvalue weighted by atomic mass is 9.81. The topological polar surface area (TPSA) is 66.8 Å². The van der Waals surface area contributed by atoms with E-state index in [1.807, 2.05) is 17.0 Å². The van der Waals surface area contributed by atoms with Crippen molar-refractivity contribution in [3.8, 4) is 0 Å². The predicted octanol–water partition coefficient (Wildman–Crippen LogP) is 2.12. The third-order valence-electron chi connectivity index (χ3n) is 5.76. The van der Waals surface area contributed by atoms with Crippen LogP contribution in [0.25, 0.3) is 0 Å². The number of hydrogen-bond acceptors (Lipinski definition) is 3. The van der Waals surface area contributed by atoms with Gasteiger partial charge in [0.25, 0.3) is 0 Å². The molecule has 25 heavy (non-hydrogen) atoms. The van der Waals surface area contributed by atoms with E-state index in [0.717, 1.165) is 19.3 Å². The quantitative estimate of drug-likeness (QED) is 0.852. The monoisotopic (exact) mass is 341 g/mol. The number of nitrogens with zero attached hydrogens (tertiary/aromatic N) is 1. The lowest BCUT2D eigenvalue weighted by Gasteiger charge is -2.35. The van der Waals surface area contributed by atoms with Gasteiger partial charge in [-0.05, 0) is 30.7 Å². The number of ether oxygens (including phenoxy) is 1. The van der Waals surface area contributed by atoms with Crippen LogP contribution in [0.2, 0.25) is 0 Å². The minimum atomic E-state index is -0.936. The maximum Gasteiger partial charge on any atom is 0.310 e. The summed E-state index contributed by atoms with van der Waals surface area (Å²) in [5, 5.41) is 9.47. The second-order valence-corrected chi connectivity index (χ2v) is 7.30. The summed E-state index contributed by atoms with van der Waals surface area (Å²) in [6.07, 6.45) is 5.77. The fraction of sp³-hybridized carbons (Fsp3) is 0.500. The van der Waals surface area contributed by atoms with Crippen molar-refractivity contribution in [1.82, 2.24) is 4.90 Å². The van der Waals surface area contributed by atoms with Crippen molar-refractivity contribution in [1.29, 1.82) is 0 Å². The smallest absolute Gasteiger partial charge is 0.310 e. The molecule has 1 aromatic carbocycles. The van der Waals surface area contributed by atoms with Crippen molar-refractivity contribution >= 4 is 11.9 Å². The minimum absolute atomic E-state index is 0.0533. The van der Waals surface area contributed by atoms with Gasteiger partial charge in [0.2, 0.25) is 5.91 Å². The lowest BCUT2D eigenvalue weighted by molar-refractivity contribution is -0.150. The molecule has 1 amide bonds. The molecule has 3 aliphatic rings. The SMILES string of the molecule is O=C(O)[C@@H]1[C@H](C(=O)N2CCC(Cc3ccccc3)CC2)[C@H]2C=C[C@@H]1O2. The third-order valence-corrected chi connectivity index (χ3v) is 5.76. The van der Waals surface area contributed by atoms with Gasteiger partial charge in [0.1, 0.15) is 5.92 Å². The Morgan fingerprint density at radius 1 is 1.04 bits per heavy atom. The van der Waals surface area contributed by atoms with Crippen LogP contribution < -0.4 is 0 Å². The van der Waals surface area contributed by atoms with Gasteiger partial charge < -0.3 is 14.7 Å². The number of amides is 1. The zero-order valence-corrected chi connectivity index (χ0v) is 14.1.